The molecule has 0 aromatic heterocycles. The van der Waals surface area contributed by atoms with Gasteiger partial charge in [0, 0.05) is 12.5 Å². The van der Waals surface area contributed by atoms with E-state index in [4.69, 9.17) is 5.73 Å². The van der Waals surface area contributed by atoms with Gasteiger partial charge in [-0.1, -0.05) is 23.6 Å². The van der Waals surface area contributed by atoms with Crippen LogP contribution in [0.15, 0.2) is 18.2 Å². The molecule has 0 aliphatic rings. The maximum atomic E-state index is 12.1. The van der Waals surface area contributed by atoms with Crippen molar-refractivity contribution in [2.45, 2.75) is 13.3 Å². The third kappa shape index (κ3) is 6.06. The fourth-order valence-corrected chi connectivity index (χ4v) is 1.45. The number of halogens is 3. The van der Waals surface area contributed by atoms with Gasteiger partial charge in [0.2, 0.25) is 0 Å². The predicted molar refractivity (Wildman–Crippen MR) is 67.6 cm³/mol. The highest BCUT2D eigenvalue weighted by atomic mass is 32.2. The van der Waals surface area contributed by atoms with E-state index < -0.39 is 12.1 Å². The summed E-state index contributed by atoms with van der Waals surface area (Å²) < 4.78 is 40.0. The Morgan fingerprint density at radius 3 is 2.74 bits per heavy atom. The summed E-state index contributed by atoms with van der Waals surface area (Å²) in [7, 11) is 0. The molecule has 19 heavy (non-hydrogen) atoms. The molecule has 3 nitrogen and oxygen atoms in total. The molecule has 7 heteroatoms. The van der Waals surface area contributed by atoms with Crippen molar-refractivity contribution >= 4 is 22.6 Å². The molecule has 0 saturated carbocycles. The Labute approximate surface area is 112 Å². The largest absolute Gasteiger partial charge is 0.573 e. The van der Waals surface area contributed by atoms with E-state index in [1.165, 1.54) is 19.1 Å². The first-order valence-corrected chi connectivity index (χ1v) is 6.04. The van der Waals surface area contributed by atoms with Crippen LogP contribution in [-0.2, 0) is 4.79 Å². The molecule has 0 radical (unpaired) electrons. The van der Waals surface area contributed by atoms with Crippen molar-refractivity contribution in [1.82, 2.24) is 0 Å². The van der Waals surface area contributed by atoms with Crippen LogP contribution in [0.4, 0.5) is 18.9 Å². The third-order valence-corrected chi connectivity index (χ3v) is 2.51. The molecule has 1 aromatic rings. The number of carbonyl (C=O) groups is 1. The van der Waals surface area contributed by atoms with E-state index in [0.717, 1.165) is 17.8 Å². The van der Waals surface area contributed by atoms with Gasteiger partial charge in [0.25, 0.3) is 0 Å². The van der Waals surface area contributed by atoms with Crippen LogP contribution in [0.25, 0.3) is 0 Å². The SMILES string of the molecule is CC(=O)SCC#Cc1ccc(N)c(OC(F)(F)F)c1. The summed E-state index contributed by atoms with van der Waals surface area (Å²) in [6.07, 6.45) is -4.80. The minimum absolute atomic E-state index is 0.0762. The molecule has 1 aromatic carbocycles. The Bertz CT molecular complexity index is 532. The topological polar surface area (TPSA) is 52.3 Å². The van der Waals surface area contributed by atoms with Gasteiger partial charge < -0.3 is 10.5 Å². The van der Waals surface area contributed by atoms with Crippen LogP contribution < -0.4 is 10.5 Å². The summed E-state index contributed by atoms with van der Waals surface area (Å²) in [5, 5.41) is -0.0762. The Kier molecular flexibility index (Phi) is 5.12. The van der Waals surface area contributed by atoms with E-state index in [0.29, 0.717) is 5.56 Å². The zero-order valence-electron chi connectivity index (χ0n) is 9.88. The molecule has 0 atom stereocenters. The molecule has 0 saturated heterocycles. The number of hydrogen-bond acceptors (Lipinski definition) is 4. The van der Waals surface area contributed by atoms with Crippen LogP contribution in [0.2, 0.25) is 0 Å². The number of alkyl halides is 3. The normalized spacial score (nSPS) is 10.5. The van der Waals surface area contributed by atoms with Gasteiger partial charge in [0.1, 0.15) is 0 Å². The minimum Gasteiger partial charge on any atom is -0.404 e. The van der Waals surface area contributed by atoms with Crippen LogP contribution in [0.1, 0.15) is 12.5 Å². The van der Waals surface area contributed by atoms with Crippen molar-refractivity contribution < 1.29 is 22.7 Å². The van der Waals surface area contributed by atoms with Gasteiger partial charge in [-0.05, 0) is 18.2 Å². The van der Waals surface area contributed by atoms with E-state index in [-0.39, 0.29) is 16.6 Å². The number of benzene rings is 1. The van der Waals surface area contributed by atoms with Gasteiger partial charge in [-0.2, -0.15) is 0 Å². The summed E-state index contributed by atoms with van der Waals surface area (Å²) >= 11 is 1.02. The highest BCUT2D eigenvalue weighted by Crippen LogP contribution is 2.28. The van der Waals surface area contributed by atoms with Crippen LogP contribution in [-0.4, -0.2) is 17.2 Å². The van der Waals surface area contributed by atoms with Crippen LogP contribution in [0, 0.1) is 11.8 Å². The Morgan fingerprint density at radius 2 is 2.16 bits per heavy atom. The van der Waals surface area contributed by atoms with Crippen LogP contribution in [0.3, 0.4) is 0 Å². The number of nitrogen functional groups attached to an aromatic ring is 1. The maximum absolute atomic E-state index is 12.1. The predicted octanol–water partition coefficient (Wildman–Crippen LogP) is 2.80. The summed E-state index contributed by atoms with van der Waals surface area (Å²) in [4.78, 5) is 10.6. The van der Waals surface area contributed by atoms with Crippen molar-refractivity contribution in [3.8, 4) is 17.6 Å². The molecule has 0 bridgehead atoms. The lowest BCUT2D eigenvalue weighted by Gasteiger charge is -2.10. The van der Waals surface area contributed by atoms with Crippen molar-refractivity contribution in [2.24, 2.45) is 0 Å². The lowest BCUT2D eigenvalue weighted by molar-refractivity contribution is -0.274. The lowest BCUT2D eigenvalue weighted by atomic mass is 10.2. The molecular formula is C12H10F3NO2S. The first kappa shape index (κ1) is 15.2. The quantitative estimate of drug-likeness (QED) is 0.672. The molecule has 0 aliphatic heterocycles. The Morgan fingerprint density at radius 1 is 1.47 bits per heavy atom. The molecule has 0 amide bonds. The first-order chi connectivity index (χ1) is 8.78. The van der Waals surface area contributed by atoms with Gasteiger partial charge in [-0.25, -0.2) is 0 Å². The Hall–Kier alpha value is -1.81. The summed E-state index contributed by atoms with van der Waals surface area (Å²) in [6, 6.07) is 3.86. The molecule has 1 rings (SSSR count). The van der Waals surface area contributed by atoms with Gasteiger partial charge in [0.05, 0.1) is 11.4 Å². The van der Waals surface area contributed by atoms with Crippen molar-refractivity contribution in [3.63, 3.8) is 0 Å². The zero-order chi connectivity index (χ0) is 14.5. The molecule has 0 fully saturated rings. The van der Waals surface area contributed by atoms with E-state index in [1.807, 2.05) is 0 Å². The summed E-state index contributed by atoms with van der Waals surface area (Å²) in [5.74, 6) is 5.07. The Balaban J connectivity index is 2.81. The third-order valence-electron chi connectivity index (χ3n) is 1.82. The number of ether oxygens (including phenoxy) is 1. The van der Waals surface area contributed by atoms with Crippen molar-refractivity contribution in [1.29, 1.82) is 0 Å². The van der Waals surface area contributed by atoms with Crippen LogP contribution >= 0.6 is 11.8 Å². The van der Waals surface area contributed by atoms with E-state index in [9.17, 15) is 18.0 Å². The van der Waals surface area contributed by atoms with Gasteiger partial charge in [-0.15, -0.1) is 13.2 Å². The smallest absolute Gasteiger partial charge is 0.404 e. The van der Waals surface area contributed by atoms with Gasteiger partial charge in [0.15, 0.2) is 10.9 Å². The molecular weight excluding hydrogens is 279 g/mol. The molecule has 0 spiro atoms. The number of anilines is 1. The number of thioether (sulfide) groups is 1. The summed E-state index contributed by atoms with van der Waals surface area (Å²) in [6.45, 7) is 1.41. The lowest BCUT2D eigenvalue weighted by Crippen LogP contribution is -2.18. The average molecular weight is 289 g/mol. The second-order valence-electron chi connectivity index (χ2n) is 3.38. The molecule has 102 valence electrons. The first-order valence-electron chi connectivity index (χ1n) is 5.05. The van der Waals surface area contributed by atoms with Gasteiger partial charge in [-0.3, -0.25) is 4.79 Å². The van der Waals surface area contributed by atoms with E-state index >= 15 is 0 Å². The number of hydrogen-bond donors (Lipinski definition) is 1. The highest BCUT2D eigenvalue weighted by Gasteiger charge is 2.31. The number of nitrogens with two attached hydrogens (primary N) is 1. The fourth-order valence-electron chi connectivity index (χ4n) is 1.10. The molecule has 0 heterocycles. The number of carbonyl (C=O) groups excluding carboxylic acids is 1. The average Bonchev–Trinajstić information content (AvgIpc) is 2.26. The van der Waals surface area contributed by atoms with Crippen molar-refractivity contribution in [3.05, 3.63) is 23.8 Å². The maximum Gasteiger partial charge on any atom is 0.573 e. The molecule has 0 unspecified atom stereocenters. The van der Waals surface area contributed by atoms with E-state index in [1.54, 1.807) is 0 Å². The van der Waals surface area contributed by atoms with E-state index in [2.05, 4.69) is 16.6 Å². The fraction of sp³-hybridized carbons (Fsp3) is 0.250. The standard InChI is InChI=1S/C12H10F3NO2S/c1-8(17)19-6-2-3-9-4-5-10(16)11(7-9)18-12(13,14)15/h4-5,7H,6,16H2,1H3. The second kappa shape index (κ2) is 6.38. The van der Waals surface area contributed by atoms with Crippen molar-refractivity contribution in [2.75, 3.05) is 11.5 Å². The highest BCUT2D eigenvalue weighted by molar-refractivity contribution is 8.13. The molecule has 0 aliphatic carbocycles. The molecule has 2 N–H and O–H groups in total. The number of rotatable bonds is 2. The zero-order valence-corrected chi connectivity index (χ0v) is 10.7. The summed E-state index contributed by atoms with van der Waals surface area (Å²) in [5.41, 5.74) is 5.58. The van der Waals surface area contributed by atoms with Crippen LogP contribution in [0.5, 0.6) is 5.75 Å². The second-order valence-corrected chi connectivity index (χ2v) is 4.53. The monoisotopic (exact) mass is 289 g/mol. The minimum atomic E-state index is -4.80. The van der Waals surface area contributed by atoms with Gasteiger partial charge >= 0.3 is 6.36 Å².